The number of carbonyl (C=O) groups excluding carboxylic acids is 1. The molecule has 0 aliphatic carbocycles. The Hall–Kier alpha value is -1.27. The van der Waals surface area contributed by atoms with Gasteiger partial charge >= 0.3 is 5.97 Å². The largest absolute Gasteiger partial charge is 0.494 e. The second-order valence-electron chi connectivity index (χ2n) is 3.58. The van der Waals surface area contributed by atoms with Gasteiger partial charge in [-0.3, -0.25) is 4.79 Å². The van der Waals surface area contributed by atoms with Gasteiger partial charge in [0.2, 0.25) is 0 Å². The van der Waals surface area contributed by atoms with Crippen LogP contribution in [0.4, 0.5) is 4.39 Å². The Bertz CT molecular complexity index is 414. The summed E-state index contributed by atoms with van der Waals surface area (Å²) in [5.74, 6) is 0.176. The Balaban J connectivity index is 2.52. The molecule has 100 valence electrons. The molecule has 0 saturated heterocycles. The molecule has 0 bridgehead atoms. The van der Waals surface area contributed by atoms with Gasteiger partial charge in [0, 0.05) is 17.1 Å². The van der Waals surface area contributed by atoms with Crippen molar-refractivity contribution in [1.82, 2.24) is 0 Å². The normalized spacial score (nSPS) is 12.0. The minimum absolute atomic E-state index is 0.213. The molecule has 0 aliphatic heterocycles. The van der Waals surface area contributed by atoms with Crippen molar-refractivity contribution in [2.24, 2.45) is 5.73 Å². The first-order chi connectivity index (χ1) is 8.60. The summed E-state index contributed by atoms with van der Waals surface area (Å²) >= 11 is 1.37. The number of hydrogen-bond donors (Lipinski definition) is 1. The predicted molar refractivity (Wildman–Crippen MR) is 69.1 cm³/mol. The average molecular weight is 273 g/mol. The van der Waals surface area contributed by atoms with Gasteiger partial charge in [-0.1, -0.05) is 12.1 Å². The van der Waals surface area contributed by atoms with Crippen molar-refractivity contribution in [3.63, 3.8) is 0 Å². The number of halogens is 1. The predicted octanol–water partition coefficient (Wildman–Crippen LogP) is 1.57. The van der Waals surface area contributed by atoms with Crippen LogP contribution >= 0.6 is 11.8 Å². The number of carbonyl (C=O) groups is 1. The van der Waals surface area contributed by atoms with Crippen LogP contribution in [0, 0.1) is 5.82 Å². The van der Waals surface area contributed by atoms with E-state index in [1.807, 2.05) is 0 Å². The number of methoxy groups -OCH3 is 2. The van der Waals surface area contributed by atoms with E-state index >= 15 is 0 Å². The third kappa shape index (κ3) is 3.89. The quantitative estimate of drug-likeness (QED) is 0.797. The molecule has 0 saturated carbocycles. The number of esters is 1. The second-order valence-corrected chi connectivity index (χ2v) is 4.61. The van der Waals surface area contributed by atoms with E-state index in [1.165, 1.54) is 26.0 Å². The summed E-state index contributed by atoms with van der Waals surface area (Å²) in [7, 11) is 2.71. The van der Waals surface area contributed by atoms with Crippen molar-refractivity contribution in [2.75, 3.05) is 20.0 Å². The zero-order valence-electron chi connectivity index (χ0n) is 10.3. The number of ether oxygens (including phenoxy) is 2. The highest BCUT2D eigenvalue weighted by Crippen LogP contribution is 2.23. The molecule has 2 N–H and O–H groups in total. The van der Waals surface area contributed by atoms with Gasteiger partial charge < -0.3 is 15.2 Å². The maximum atomic E-state index is 13.8. The Morgan fingerprint density at radius 3 is 2.83 bits per heavy atom. The molecular weight excluding hydrogens is 257 g/mol. The van der Waals surface area contributed by atoms with Gasteiger partial charge in [-0.25, -0.2) is 4.39 Å². The van der Waals surface area contributed by atoms with E-state index < -0.39 is 12.0 Å². The topological polar surface area (TPSA) is 61.5 Å². The molecule has 0 aliphatic rings. The van der Waals surface area contributed by atoms with Gasteiger partial charge in [-0.15, -0.1) is 0 Å². The highest BCUT2D eigenvalue weighted by molar-refractivity contribution is 7.98. The maximum absolute atomic E-state index is 13.8. The summed E-state index contributed by atoms with van der Waals surface area (Å²) in [4.78, 5) is 11.1. The molecule has 0 spiro atoms. The lowest BCUT2D eigenvalue weighted by Gasteiger charge is -2.10. The van der Waals surface area contributed by atoms with Crippen molar-refractivity contribution in [2.45, 2.75) is 11.8 Å². The van der Waals surface area contributed by atoms with Crippen LogP contribution in [0.15, 0.2) is 18.2 Å². The van der Waals surface area contributed by atoms with Crippen molar-refractivity contribution >= 4 is 17.7 Å². The Morgan fingerprint density at radius 1 is 1.50 bits per heavy atom. The standard InChI is InChI=1S/C12H16FNO3S/c1-16-10-5-3-4-8(11(10)13)6-18-7-9(14)12(15)17-2/h3-5,9H,6-7,14H2,1-2H3. The van der Waals surface area contributed by atoms with E-state index in [1.54, 1.807) is 18.2 Å². The molecule has 1 atom stereocenters. The minimum atomic E-state index is -0.686. The third-order valence-electron chi connectivity index (χ3n) is 2.32. The highest BCUT2D eigenvalue weighted by Gasteiger charge is 2.14. The summed E-state index contributed by atoms with van der Waals surface area (Å²) in [5.41, 5.74) is 6.10. The summed E-state index contributed by atoms with van der Waals surface area (Å²) in [5, 5.41) is 0. The fourth-order valence-corrected chi connectivity index (χ4v) is 2.29. The number of hydrogen-bond acceptors (Lipinski definition) is 5. The molecule has 0 aromatic heterocycles. The molecule has 18 heavy (non-hydrogen) atoms. The molecule has 1 unspecified atom stereocenters. The van der Waals surface area contributed by atoms with Crippen LogP contribution in [0.5, 0.6) is 5.75 Å². The molecule has 0 radical (unpaired) electrons. The molecule has 4 nitrogen and oxygen atoms in total. The lowest BCUT2D eigenvalue weighted by molar-refractivity contribution is -0.141. The van der Waals surface area contributed by atoms with E-state index in [4.69, 9.17) is 10.5 Å². The first kappa shape index (κ1) is 14.8. The van der Waals surface area contributed by atoms with E-state index in [-0.39, 0.29) is 11.6 Å². The van der Waals surface area contributed by atoms with E-state index in [0.717, 1.165) is 0 Å². The van der Waals surface area contributed by atoms with Crippen molar-refractivity contribution in [1.29, 1.82) is 0 Å². The van der Waals surface area contributed by atoms with Gasteiger partial charge in [0.15, 0.2) is 11.6 Å². The van der Waals surface area contributed by atoms with Crippen LogP contribution in [0.1, 0.15) is 5.56 Å². The number of nitrogens with two attached hydrogens (primary N) is 1. The Kier molecular flexibility index (Phi) is 5.94. The van der Waals surface area contributed by atoms with Gasteiger partial charge in [0.25, 0.3) is 0 Å². The molecule has 1 aromatic carbocycles. The highest BCUT2D eigenvalue weighted by atomic mass is 32.2. The number of benzene rings is 1. The van der Waals surface area contributed by atoms with Crippen LogP contribution < -0.4 is 10.5 Å². The lowest BCUT2D eigenvalue weighted by Crippen LogP contribution is -2.33. The van der Waals surface area contributed by atoms with Gasteiger partial charge in [-0.05, 0) is 6.07 Å². The first-order valence-corrected chi connectivity index (χ1v) is 6.48. The van der Waals surface area contributed by atoms with Crippen LogP contribution in [0.25, 0.3) is 0 Å². The molecular formula is C12H16FNO3S. The fourth-order valence-electron chi connectivity index (χ4n) is 1.34. The lowest BCUT2D eigenvalue weighted by atomic mass is 10.2. The monoisotopic (exact) mass is 273 g/mol. The molecule has 1 rings (SSSR count). The minimum Gasteiger partial charge on any atom is -0.494 e. The maximum Gasteiger partial charge on any atom is 0.323 e. The SMILES string of the molecule is COC(=O)C(N)CSCc1cccc(OC)c1F. The first-order valence-electron chi connectivity index (χ1n) is 5.32. The average Bonchev–Trinajstić information content (AvgIpc) is 2.39. The molecule has 6 heteroatoms. The van der Waals surface area contributed by atoms with E-state index in [0.29, 0.717) is 17.1 Å². The van der Waals surface area contributed by atoms with Gasteiger partial charge in [-0.2, -0.15) is 11.8 Å². The molecule has 0 fully saturated rings. The van der Waals surface area contributed by atoms with Crippen LogP contribution in [-0.2, 0) is 15.3 Å². The van der Waals surface area contributed by atoms with Gasteiger partial charge in [0.05, 0.1) is 14.2 Å². The zero-order chi connectivity index (χ0) is 13.5. The number of rotatable bonds is 6. The Morgan fingerprint density at radius 2 is 2.22 bits per heavy atom. The second kappa shape index (κ2) is 7.23. The summed E-state index contributed by atoms with van der Waals surface area (Å²) in [6.45, 7) is 0. The summed E-state index contributed by atoms with van der Waals surface area (Å²) in [6.07, 6.45) is 0. The third-order valence-corrected chi connectivity index (χ3v) is 3.43. The summed E-state index contributed by atoms with van der Waals surface area (Å²) in [6, 6.07) is 4.27. The summed E-state index contributed by atoms with van der Waals surface area (Å²) < 4.78 is 23.2. The fraction of sp³-hybridized carbons (Fsp3) is 0.417. The van der Waals surface area contributed by atoms with Crippen LogP contribution in [-0.4, -0.2) is 32.0 Å². The molecule has 1 aromatic rings. The molecule has 0 amide bonds. The molecule has 0 heterocycles. The van der Waals surface area contributed by atoms with Crippen molar-refractivity contribution in [3.8, 4) is 5.75 Å². The Labute approximate surface area is 110 Å². The van der Waals surface area contributed by atoms with Gasteiger partial charge in [0.1, 0.15) is 6.04 Å². The van der Waals surface area contributed by atoms with Crippen molar-refractivity contribution in [3.05, 3.63) is 29.6 Å². The zero-order valence-corrected chi connectivity index (χ0v) is 11.1. The number of thioether (sulfide) groups is 1. The van der Waals surface area contributed by atoms with E-state index in [9.17, 15) is 9.18 Å². The van der Waals surface area contributed by atoms with E-state index in [2.05, 4.69) is 4.74 Å². The van der Waals surface area contributed by atoms with Crippen molar-refractivity contribution < 1.29 is 18.7 Å². The van der Waals surface area contributed by atoms with Crippen LogP contribution in [0.3, 0.4) is 0 Å². The van der Waals surface area contributed by atoms with Crippen LogP contribution in [0.2, 0.25) is 0 Å². The smallest absolute Gasteiger partial charge is 0.323 e.